The van der Waals surface area contributed by atoms with Gasteiger partial charge in [-0.2, -0.15) is 0 Å². The average molecular weight is 2320 g/mol. The molecule has 6 aromatic carbocycles. The van der Waals surface area contributed by atoms with Gasteiger partial charge in [0, 0.05) is 45.2 Å². The van der Waals surface area contributed by atoms with E-state index in [2.05, 4.69) is 45.1 Å². The topological polar surface area (TPSA) is 494 Å². The Morgan fingerprint density at radius 1 is 0.431 bits per heavy atom. The first kappa shape index (κ1) is 113. The van der Waals surface area contributed by atoms with Crippen LogP contribution in [0.4, 0.5) is 57.0 Å². The molecule has 2 amide bonds. The van der Waals surface area contributed by atoms with E-state index >= 15 is 8.78 Å². The smallest absolute Gasteiger partial charge is 0.475 e. The number of nitrogens with one attached hydrogen (secondary N) is 2. The van der Waals surface area contributed by atoms with E-state index in [1.807, 2.05) is 67.8 Å². The lowest BCUT2D eigenvalue weighted by Gasteiger charge is -2.32. The largest absolute Gasteiger partial charge is 0.478 e. The molecule has 46 heteroatoms. The van der Waals surface area contributed by atoms with E-state index in [9.17, 15) is 74.1 Å². The fraction of sp³-hybridized carbons (Fsp3) is 0.440. The van der Waals surface area contributed by atoms with E-state index < -0.39 is 172 Å². The molecule has 0 saturated heterocycles. The highest BCUT2D eigenvalue weighted by Gasteiger charge is 2.42. The number of anilines is 3. The van der Waals surface area contributed by atoms with Gasteiger partial charge in [0.2, 0.25) is 0 Å². The predicted octanol–water partition coefficient (Wildman–Crippen LogP) is 19.7. The molecule has 12 atom stereocenters. The number of carbonyl (C=O) groups excluding carboxylic acids is 2. The number of aliphatic hydroxyl groups excluding tert-OH is 3. The molecule has 746 valence electrons. The Hall–Kier alpha value is -7.90. The molecular formula is C91H109F9I3N12O19P3. The predicted molar refractivity (Wildman–Crippen MR) is 518 cm³/mol. The zero-order valence-corrected chi connectivity index (χ0v) is 85.6. The van der Waals surface area contributed by atoms with Crippen LogP contribution < -0.4 is 33.6 Å². The Morgan fingerprint density at radius 3 is 0.993 bits per heavy atom. The van der Waals surface area contributed by atoms with E-state index in [0.29, 0.717) is 61.0 Å². The number of hydrogen-bond donors (Lipinski definition) is 12. The third-order valence-electron chi connectivity index (χ3n) is 20.6. The number of phosphoric acid groups is 3. The molecule has 0 bridgehead atoms. The molecule has 3 saturated carbocycles. The van der Waals surface area contributed by atoms with Gasteiger partial charge in [0.25, 0.3) is 11.8 Å². The second kappa shape index (κ2) is 47.8. The van der Waals surface area contributed by atoms with Gasteiger partial charge in [0.05, 0.1) is 131 Å². The monoisotopic (exact) mass is 2320 g/mol. The van der Waals surface area contributed by atoms with Gasteiger partial charge in [-0.1, -0.05) is 18.2 Å². The minimum Gasteiger partial charge on any atom is -0.478 e. The molecule has 3 aliphatic rings. The first-order valence-corrected chi connectivity index (χ1v) is 50.5. The summed E-state index contributed by atoms with van der Waals surface area (Å²) in [7, 11) is -13.0. The van der Waals surface area contributed by atoms with Crippen molar-refractivity contribution in [1.82, 2.24) is 40.5 Å². The summed E-state index contributed by atoms with van der Waals surface area (Å²) in [6, 6.07) is 20.2. The van der Waals surface area contributed by atoms with Gasteiger partial charge in [-0.05, 0) is 316 Å². The van der Waals surface area contributed by atoms with Gasteiger partial charge >= 0.3 is 29.4 Å². The second-order valence-corrected chi connectivity index (χ2v) is 44.6. The summed E-state index contributed by atoms with van der Waals surface area (Å²) >= 11 is 5.75. The number of nitrogen functional groups attached to an aromatic ring is 3. The van der Waals surface area contributed by atoms with Gasteiger partial charge in [-0.3, -0.25) is 41.3 Å². The molecule has 0 radical (unpaired) electrons. The number of carboxylic acids is 1. The van der Waals surface area contributed by atoms with Crippen molar-refractivity contribution >= 4 is 126 Å². The Kier molecular flexibility index (Phi) is 39.3. The number of benzene rings is 6. The maximum absolute atomic E-state index is 15.6. The fourth-order valence-corrected chi connectivity index (χ4v) is 20.4. The van der Waals surface area contributed by atoms with Gasteiger partial charge in [0.15, 0.2) is 0 Å². The molecule has 3 aromatic heterocycles. The lowest BCUT2D eigenvalue weighted by Crippen LogP contribution is -2.33. The number of hydrogen-bond acceptors (Lipinski definition) is 26. The van der Waals surface area contributed by atoms with Crippen molar-refractivity contribution in [2.24, 2.45) is 5.73 Å². The summed E-state index contributed by atoms with van der Waals surface area (Å²) in [4.78, 5) is 81.3. The van der Waals surface area contributed by atoms with E-state index in [1.165, 1.54) is 85.3 Å². The normalized spacial score (nSPS) is 19.6. The molecule has 16 N–H and O–H groups in total. The Labute approximate surface area is 826 Å². The van der Waals surface area contributed by atoms with Crippen molar-refractivity contribution in [1.29, 1.82) is 0 Å². The van der Waals surface area contributed by atoms with Crippen LogP contribution in [0.1, 0.15) is 242 Å². The Bertz CT molecular complexity index is 5830. The Balaban J connectivity index is 0.000000213. The summed E-state index contributed by atoms with van der Waals surface area (Å²) in [5, 5.41) is 42.9. The van der Waals surface area contributed by atoms with Crippen LogP contribution in [0.2, 0.25) is 0 Å². The average Bonchev–Trinajstić information content (AvgIpc) is 0.798. The standard InChI is InChI=1S/C33H41F3IN4O6P.C25H25F3IN4O6P.C17H17F2N3O3.C16H26FINO4P/c1-32(2,3)46-48(44,47-33(4,5)6)45-17-27(20-11-21(34)15-22(37)12-20)41-31(43)23-9-7-19(14-24(23)35)29-30(38)39-16-26(40-29)18-8-10-28(42)25(36)13-18;26-15-5-14(6-16(29)9-15)21(11-39-40(36,37)38)33-25(35)17-3-1-13(8-18(17)27)23-24(30)31-10-20(32-23)12-2-4-22(34)19(28)7-12;18-11-6-9(1-3-10(11)17(24)25)15-16(20)21-7-13(22-15)8-2-4-14(23)12(19)5-8;1-15(2,3)22-24(20,23-16(4,5)6)21-10-14(19)11-7-12(17)9-13(18)8-11/h7,9,11-12,14-16,18,25,27-28,42H,8,10,13,17H2,1-6H3,(H2,38,39)(H,41,43);1,3,5-6,8-10,12,19,21-22,34H,2,4,7,11H2,(H2,30,31)(H,33,35)(H2,36,37,38);1,3,6-8,12,14,23H,2,4-5H2,(H2,20,21)(H,24,25);7-9,14H,10,19H2,1-6H3/t18-,25-,27-,28-;12-,19-,21-,22-;8-,12-,14-;14-/m1111/s1. The number of nitrogens with zero attached hydrogens (tertiary/aromatic N) is 6. The third-order valence-corrected chi connectivity index (χ3v) is 27.0. The summed E-state index contributed by atoms with van der Waals surface area (Å²) in [6.07, 6.45) is -0.136. The summed E-state index contributed by atoms with van der Waals surface area (Å²) in [6.45, 7) is 19.3. The summed E-state index contributed by atoms with van der Waals surface area (Å²) in [5.41, 5.74) is 23.0. The highest BCUT2D eigenvalue weighted by molar-refractivity contribution is 14.1. The molecule has 3 fully saturated rings. The van der Waals surface area contributed by atoms with Crippen LogP contribution in [0, 0.1) is 45.6 Å². The third kappa shape index (κ3) is 34.5. The van der Waals surface area contributed by atoms with Crippen molar-refractivity contribution in [3.05, 3.63) is 224 Å². The number of phosphoric ester groups is 3. The first-order chi connectivity index (χ1) is 63.6. The molecule has 3 heterocycles. The molecule has 31 nitrogen and oxygen atoms in total. The zero-order chi connectivity index (χ0) is 102. The SMILES string of the molecule is CC(C)(C)OP(=O)(OC[C@@H](N)c1cc(F)cc(I)c1)OC(C)(C)C.CC(C)(C)OP(=O)(OC[C@@H](NC(=O)c1ccc(-c2nc([C@@H]3CC[C@@H](O)[C@H](F)C3)cnc2N)cc1F)c1cc(F)cc(I)c1)OC(C)(C)C.Nc1ncc([C@@H]2CC[C@@H](O)[C@H](F)C2)nc1-c1ccc(C(=O)N[C@H](COP(=O)(O)O)c2cc(F)cc(I)c2)c(F)c1.Nc1ncc([C@@H]2CC[C@@H](O)[C@H](F)C2)nc1-c1ccc(C(=O)O)c(F)c1. The highest BCUT2D eigenvalue weighted by Crippen LogP contribution is 2.58. The number of rotatable bonds is 27. The minimum atomic E-state index is -4.93. The number of nitrogens with two attached hydrogens (primary N) is 4. The molecule has 0 unspecified atom stereocenters. The van der Waals surface area contributed by atoms with Crippen LogP contribution in [-0.4, -0.2) is 157 Å². The molecule has 9 aromatic rings. The second-order valence-electron chi connectivity index (χ2n) is 36.6. The molecule has 0 aliphatic heterocycles. The van der Waals surface area contributed by atoms with Crippen molar-refractivity contribution in [3.8, 4) is 33.8 Å². The van der Waals surface area contributed by atoms with Crippen molar-refractivity contribution < 1.29 is 129 Å². The highest BCUT2D eigenvalue weighted by atomic mass is 127. The molecule has 3 aliphatic carbocycles. The van der Waals surface area contributed by atoms with E-state index in [0.717, 1.165) is 33.9 Å². The first-order valence-electron chi connectivity index (χ1n) is 42.8. The molecule has 12 rings (SSSR count). The minimum absolute atomic E-state index is 0.0108. The lowest BCUT2D eigenvalue weighted by molar-refractivity contribution is -0.000523. The van der Waals surface area contributed by atoms with Gasteiger partial charge < -0.3 is 63.8 Å². The maximum atomic E-state index is 15.6. The van der Waals surface area contributed by atoms with Gasteiger partial charge in [-0.15, -0.1) is 0 Å². The van der Waals surface area contributed by atoms with Gasteiger partial charge in [-0.25, -0.2) is 87.9 Å². The number of amides is 2. The van der Waals surface area contributed by atoms with E-state index in [-0.39, 0.29) is 125 Å². The van der Waals surface area contributed by atoms with Crippen LogP contribution in [-0.2, 0) is 45.4 Å². The van der Waals surface area contributed by atoms with Gasteiger partial charge in [0.1, 0.15) is 88.0 Å². The maximum Gasteiger partial charge on any atom is 0.475 e. The van der Waals surface area contributed by atoms with Crippen LogP contribution in [0.15, 0.2) is 128 Å². The quantitative estimate of drug-likeness (QED) is 0.0129. The Morgan fingerprint density at radius 2 is 0.715 bits per heavy atom. The van der Waals surface area contributed by atoms with Crippen molar-refractivity contribution in [3.63, 3.8) is 0 Å². The molecular weight excluding hydrogens is 2210 g/mol. The lowest BCUT2D eigenvalue weighted by atomic mass is 9.84. The number of aromatic carboxylic acids is 1. The molecule has 137 heavy (non-hydrogen) atoms. The number of alkyl halides is 3. The van der Waals surface area contributed by atoms with Crippen LogP contribution in [0.3, 0.4) is 0 Å². The van der Waals surface area contributed by atoms with Crippen molar-refractivity contribution in [2.75, 3.05) is 37.0 Å². The number of carbonyl (C=O) groups is 3. The number of halogens is 12. The molecule has 0 spiro atoms. The number of aliphatic hydroxyl groups is 3. The summed E-state index contributed by atoms with van der Waals surface area (Å²) < 4.78 is 206. The van der Waals surface area contributed by atoms with Crippen LogP contribution in [0.5, 0.6) is 0 Å². The van der Waals surface area contributed by atoms with Crippen LogP contribution >= 0.6 is 91.2 Å². The van der Waals surface area contributed by atoms with E-state index in [4.69, 9.17) is 65.0 Å². The van der Waals surface area contributed by atoms with Crippen LogP contribution in [0.25, 0.3) is 33.8 Å². The fourth-order valence-electron chi connectivity index (χ4n) is 14.4. The van der Waals surface area contributed by atoms with E-state index in [1.54, 1.807) is 95.2 Å². The number of aromatic nitrogens is 6. The summed E-state index contributed by atoms with van der Waals surface area (Å²) in [5.74, 6) is -8.33. The number of carboxylic acid groups (broad SMARTS) is 1. The van der Waals surface area contributed by atoms with Crippen molar-refractivity contribution in [2.45, 2.75) is 236 Å². The zero-order valence-electron chi connectivity index (χ0n) is 76.4.